The van der Waals surface area contributed by atoms with Gasteiger partial charge in [-0.15, -0.1) is 0 Å². The van der Waals surface area contributed by atoms with Crippen LogP contribution < -0.4 is 5.32 Å². The van der Waals surface area contributed by atoms with E-state index in [1.54, 1.807) is 0 Å². The lowest BCUT2D eigenvalue weighted by atomic mass is 10.0. The Kier molecular flexibility index (Phi) is 3.62. The number of aryl methyl sites for hydroxylation is 1. The van der Waals surface area contributed by atoms with E-state index in [9.17, 15) is 5.11 Å². The molecule has 0 spiro atoms. The van der Waals surface area contributed by atoms with E-state index in [-0.39, 0.29) is 12.1 Å². The molecule has 0 heterocycles. The van der Waals surface area contributed by atoms with Gasteiger partial charge in [-0.3, -0.25) is 0 Å². The number of nitrogens with one attached hydrogen (secondary N) is 1. The third-order valence-electron chi connectivity index (χ3n) is 3.52. The minimum Gasteiger partial charge on any atom is -0.392 e. The van der Waals surface area contributed by atoms with Crippen LogP contribution in [0.25, 0.3) is 0 Å². The standard InChI is InChI=1S/C14H21NO/c1-10-6-8-12(9-7-10)11(2)15-13-4-3-5-14(13)16/h6-9,11,13-16H,3-5H2,1-2H3/t11-,13?,14?/m1/s1. The summed E-state index contributed by atoms with van der Waals surface area (Å²) in [7, 11) is 0. The maximum absolute atomic E-state index is 9.77. The Balaban J connectivity index is 1.97. The van der Waals surface area contributed by atoms with Crippen molar-refractivity contribution < 1.29 is 5.11 Å². The largest absolute Gasteiger partial charge is 0.392 e. The van der Waals surface area contributed by atoms with Gasteiger partial charge in [0, 0.05) is 12.1 Å². The smallest absolute Gasteiger partial charge is 0.0693 e. The molecule has 0 bridgehead atoms. The average Bonchev–Trinajstić information content (AvgIpc) is 2.65. The molecule has 16 heavy (non-hydrogen) atoms. The fourth-order valence-electron chi connectivity index (χ4n) is 2.41. The third-order valence-corrected chi connectivity index (χ3v) is 3.52. The summed E-state index contributed by atoms with van der Waals surface area (Å²) in [4.78, 5) is 0. The number of aliphatic hydroxyl groups excluding tert-OH is 1. The van der Waals surface area contributed by atoms with Crippen molar-refractivity contribution >= 4 is 0 Å². The summed E-state index contributed by atoms with van der Waals surface area (Å²) >= 11 is 0. The molecule has 2 N–H and O–H groups in total. The fourth-order valence-corrected chi connectivity index (χ4v) is 2.41. The highest BCUT2D eigenvalue weighted by atomic mass is 16.3. The van der Waals surface area contributed by atoms with E-state index in [2.05, 4.69) is 43.4 Å². The molecule has 0 radical (unpaired) electrons. The molecule has 88 valence electrons. The van der Waals surface area contributed by atoms with E-state index in [1.165, 1.54) is 11.1 Å². The van der Waals surface area contributed by atoms with E-state index < -0.39 is 0 Å². The number of benzene rings is 1. The van der Waals surface area contributed by atoms with Crippen molar-refractivity contribution in [2.45, 2.75) is 51.3 Å². The SMILES string of the molecule is Cc1ccc([C@@H](C)NC2CCCC2O)cc1. The van der Waals surface area contributed by atoms with Gasteiger partial charge in [0.15, 0.2) is 0 Å². The molecule has 1 saturated carbocycles. The number of hydrogen-bond acceptors (Lipinski definition) is 2. The molecule has 0 aliphatic heterocycles. The topological polar surface area (TPSA) is 32.3 Å². The Morgan fingerprint density at radius 3 is 2.50 bits per heavy atom. The Morgan fingerprint density at radius 2 is 1.94 bits per heavy atom. The van der Waals surface area contributed by atoms with Gasteiger partial charge in [-0.25, -0.2) is 0 Å². The average molecular weight is 219 g/mol. The lowest BCUT2D eigenvalue weighted by molar-refractivity contribution is 0.144. The van der Waals surface area contributed by atoms with Crippen molar-refractivity contribution in [3.8, 4) is 0 Å². The zero-order chi connectivity index (χ0) is 11.5. The molecule has 2 heteroatoms. The van der Waals surface area contributed by atoms with Gasteiger partial charge in [0.2, 0.25) is 0 Å². The van der Waals surface area contributed by atoms with Crippen molar-refractivity contribution in [2.75, 3.05) is 0 Å². The molecule has 0 aromatic heterocycles. The van der Waals surface area contributed by atoms with Crippen LogP contribution in [0, 0.1) is 6.92 Å². The van der Waals surface area contributed by atoms with Gasteiger partial charge in [-0.05, 0) is 38.7 Å². The first-order valence-corrected chi connectivity index (χ1v) is 6.17. The Labute approximate surface area is 97.7 Å². The molecule has 2 nitrogen and oxygen atoms in total. The van der Waals surface area contributed by atoms with Gasteiger partial charge < -0.3 is 10.4 Å². The molecule has 1 aliphatic carbocycles. The summed E-state index contributed by atoms with van der Waals surface area (Å²) in [5.41, 5.74) is 2.58. The van der Waals surface area contributed by atoms with Crippen molar-refractivity contribution in [3.05, 3.63) is 35.4 Å². The fraction of sp³-hybridized carbons (Fsp3) is 0.571. The second kappa shape index (κ2) is 4.98. The molecule has 2 rings (SSSR count). The summed E-state index contributed by atoms with van der Waals surface area (Å²) in [6.45, 7) is 4.26. The quantitative estimate of drug-likeness (QED) is 0.819. The summed E-state index contributed by atoms with van der Waals surface area (Å²) in [5, 5.41) is 13.3. The maximum atomic E-state index is 9.77. The Bertz CT molecular complexity index is 333. The molecule has 2 unspecified atom stereocenters. The van der Waals surface area contributed by atoms with Crippen LogP contribution in [-0.2, 0) is 0 Å². The van der Waals surface area contributed by atoms with Gasteiger partial charge in [-0.1, -0.05) is 29.8 Å². The lowest BCUT2D eigenvalue weighted by Crippen LogP contribution is -2.37. The molecule has 1 aromatic carbocycles. The van der Waals surface area contributed by atoms with Crippen molar-refractivity contribution in [1.29, 1.82) is 0 Å². The summed E-state index contributed by atoms with van der Waals surface area (Å²) in [5.74, 6) is 0. The molecular weight excluding hydrogens is 198 g/mol. The van der Waals surface area contributed by atoms with Crippen LogP contribution in [0.2, 0.25) is 0 Å². The Morgan fingerprint density at radius 1 is 1.25 bits per heavy atom. The zero-order valence-electron chi connectivity index (χ0n) is 10.1. The van der Waals surface area contributed by atoms with Gasteiger partial charge in [-0.2, -0.15) is 0 Å². The third kappa shape index (κ3) is 2.63. The summed E-state index contributed by atoms with van der Waals surface area (Å²) in [6.07, 6.45) is 3.02. The van der Waals surface area contributed by atoms with Crippen LogP contribution in [0.5, 0.6) is 0 Å². The zero-order valence-corrected chi connectivity index (χ0v) is 10.1. The van der Waals surface area contributed by atoms with E-state index in [1.807, 2.05) is 0 Å². The predicted octanol–water partition coefficient (Wildman–Crippen LogP) is 2.56. The van der Waals surface area contributed by atoms with Crippen molar-refractivity contribution in [2.24, 2.45) is 0 Å². The van der Waals surface area contributed by atoms with Crippen molar-refractivity contribution in [3.63, 3.8) is 0 Å². The first-order chi connectivity index (χ1) is 7.66. The second-order valence-corrected chi connectivity index (χ2v) is 4.90. The van der Waals surface area contributed by atoms with E-state index in [0.717, 1.165) is 19.3 Å². The van der Waals surface area contributed by atoms with E-state index >= 15 is 0 Å². The monoisotopic (exact) mass is 219 g/mol. The predicted molar refractivity (Wildman–Crippen MR) is 66.4 cm³/mol. The minimum atomic E-state index is -0.159. The summed E-state index contributed by atoms with van der Waals surface area (Å²) < 4.78 is 0. The first kappa shape index (κ1) is 11.6. The first-order valence-electron chi connectivity index (χ1n) is 6.17. The molecule has 3 atom stereocenters. The normalized spacial score (nSPS) is 26.9. The second-order valence-electron chi connectivity index (χ2n) is 4.90. The number of aliphatic hydroxyl groups is 1. The van der Waals surface area contributed by atoms with Crippen molar-refractivity contribution in [1.82, 2.24) is 5.32 Å². The number of rotatable bonds is 3. The molecule has 0 amide bonds. The Hall–Kier alpha value is -0.860. The highest BCUT2D eigenvalue weighted by Gasteiger charge is 2.26. The number of hydrogen-bond donors (Lipinski definition) is 2. The molecular formula is C14H21NO. The van der Waals surface area contributed by atoms with Crippen LogP contribution in [0.15, 0.2) is 24.3 Å². The molecule has 1 fully saturated rings. The highest BCUT2D eigenvalue weighted by molar-refractivity contribution is 5.23. The van der Waals surface area contributed by atoms with Crippen LogP contribution in [0.3, 0.4) is 0 Å². The van der Waals surface area contributed by atoms with Crippen LogP contribution >= 0.6 is 0 Å². The minimum absolute atomic E-state index is 0.159. The van der Waals surface area contributed by atoms with Crippen LogP contribution in [0.1, 0.15) is 43.4 Å². The van der Waals surface area contributed by atoms with Gasteiger partial charge in [0.1, 0.15) is 0 Å². The van der Waals surface area contributed by atoms with E-state index in [0.29, 0.717) is 6.04 Å². The highest BCUT2D eigenvalue weighted by Crippen LogP contribution is 2.22. The maximum Gasteiger partial charge on any atom is 0.0693 e. The molecule has 1 aliphatic rings. The van der Waals surface area contributed by atoms with E-state index in [4.69, 9.17) is 0 Å². The molecule has 0 saturated heterocycles. The molecule has 1 aromatic rings. The van der Waals surface area contributed by atoms with Gasteiger partial charge >= 0.3 is 0 Å². The summed E-state index contributed by atoms with van der Waals surface area (Å²) in [6, 6.07) is 9.19. The van der Waals surface area contributed by atoms with Gasteiger partial charge in [0.05, 0.1) is 6.10 Å². The van der Waals surface area contributed by atoms with Crippen LogP contribution in [-0.4, -0.2) is 17.3 Å². The van der Waals surface area contributed by atoms with Crippen LogP contribution in [0.4, 0.5) is 0 Å². The van der Waals surface area contributed by atoms with Gasteiger partial charge in [0.25, 0.3) is 0 Å². The lowest BCUT2D eigenvalue weighted by Gasteiger charge is -2.22.